The number of nitro groups is 3. The highest BCUT2D eigenvalue weighted by molar-refractivity contribution is 9.09. The number of urea groups is 1. The number of hydrogen-bond donors (Lipinski definition) is 7. The van der Waals surface area contributed by atoms with Gasteiger partial charge in [-0.15, -0.1) is 0 Å². The fraction of sp³-hybridized carbons (Fsp3) is 0.486. The van der Waals surface area contributed by atoms with Gasteiger partial charge in [-0.1, -0.05) is 15.9 Å². The summed E-state index contributed by atoms with van der Waals surface area (Å²) in [6.07, 6.45) is 29.7. The molecule has 11 heterocycles. The second-order valence-corrected chi connectivity index (χ2v) is 41.1. The number of nitro benzene ring substituents is 3. The van der Waals surface area contributed by atoms with Crippen LogP contribution in [0.1, 0.15) is 200 Å². The molecule has 6 spiro atoms. The van der Waals surface area contributed by atoms with Gasteiger partial charge in [-0.2, -0.15) is 30.5 Å². The first-order valence-corrected chi connectivity index (χ1v) is 51.2. The number of amides is 3. The van der Waals surface area contributed by atoms with E-state index in [0.717, 1.165) is 303 Å². The Morgan fingerprint density at radius 1 is 0.458 bits per heavy atom. The molecule has 0 bridgehead atoms. The number of aliphatic hydroxyl groups is 1. The van der Waals surface area contributed by atoms with Gasteiger partial charge in [-0.25, -0.2) is 19.7 Å². The monoisotopic (exact) mass is 2020 g/mol. The minimum atomic E-state index is -0.504. The van der Waals surface area contributed by atoms with E-state index in [0.29, 0.717) is 114 Å². The molecule has 7 aliphatic heterocycles. The maximum Gasteiger partial charge on any atom is 0.319 e. The lowest BCUT2D eigenvalue weighted by Gasteiger charge is -2.33. The number of nitrogens with two attached hydrogens (primary N) is 2. The topological polar surface area (TPSA) is 517 Å². The Morgan fingerprint density at radius 3 is 1.19 bits per heavy atom. The van der Waals surface area contributed by atoms with Crippen LogP contribution in [0, 0.1) is 63.8 Å². The summed E-state index contributed by atoms with van der Waals surface area (Å²) in [6.45, 7) is 11.6. The van der Waals surface area contributed by atoms with Crippen LogP contribution in [0.3, 0.4) is 0 Å². The van der Waals surface area contributed by atoms with Crippen LogP contribution in [0.25, 0.3) is 45.6 Å². The van der Waals surface area contributed by atoms with Crippen molar-refractivity contribution in [3.8, 4) is 81.2 Å². The zero-order valence-corrected chi connectivity index (χ0v) is 82.3. The number of non-ortho nitro benzene ring substituents is 3. The van der Waals surface area contributed by atoms with Crippen LogP contribution in [-0.4, -0.2) is 190 Å². The molecule has 39 heteroatoms. The zero-order valence-electron chi connectivity index (χ0n) is 80.7. The molecule has 0 radical (unpaired) electrons. The van der Waals surface area contributed by atoms with Crippen LogP contribution >= 0.6 is 15.9 Å². The number of rotatable bonds is 16. The van der Waals surface area contributed by atoms with Crippen LogP contribution in [0.2, 0.25) is 0 Å². The number of nitrogen functional groups attached to an aromatic ring is 1. The predicted molar refractivity (Wildman–Crippen MR) is 540 cm³/mol. The number of morpholine rings is 3. The molecule has 9 N–H and O–H groups in total. The van der Waals surface area contributed by atoms with Gasteiger partial charge < -0.3 is 85.4 Å². The van der Waals surface area contributed by atoms with Gasteiger partial charge in [0.2, 0.25) is 23.5 Å². The molecule has 7 saturated carbocycles. The molecular formula is C105H118BrN21O17. The molecule has 3 amide bonds. The molecule has 25 rings (SSSR count). The minimum Gasteiger partial charge on any atom is -0.471 e. The van der Waals surface area contributed by atoms with Gasteiger partial charge in [0.1, 0.15) is 45.7 Å². The Balaban J connectivity index is 0.000000109. The number of allylic oxidation sites excluding steroid dienone is 4. The third-order valence-corrected chi connectivity index (χ3v) is 30.4. The number of hydrogen-bond acceptors (Lipinski definition) is 31. The molecule has 752 valence electrons. The molecule has 9 aliphatic carbocycles. The molecule has 10 fully saturated rings. The molecular weight excluding hydrogens is 1910 g/mol. The number of alkyl halides is 1. The Labute approximate surface area is 840 Å². The standard InChI is InChI=1S/C22H27N5O3.C19H20N4O4.C19H22N4O2.C16H15N3O3.C15H13N3O4.C9H12N2.C5H9BrO/c1-2-23-21(28)24-16-5-3-15(4-6-16)18-25-19(27-11-13-29-14-12-27)17-7-8-22(9-10-22)30-20(17)26-18;24-23(25)14-3-1-13(2-4-14)16-20-17(22-9-11-26-12-10-22)15-5-6-19(7-8-19)27-18(15)21-16;20-14-3-1-13(2-4-14)16-21-17(23-9-11-24-12-10-23)15-5-6-19(7-8-19)25-18(15)22-16;17-10-12-5-6-16(7-8-16)9-14(12)18-15(20)11-1-3-13(4-2-11)19(21)22;19-13-11-5-6-15(7-8-15)22-14(11)17-12(16-13)9-1-3-10(4-2-9)18(20)21;10-6-7-1-2-9(3-4-9)5-8(7)11;6-4-3-5(7)1-2-5/h3-6H,2,7-14H2,1H3,(H2,23,24,28);1-4H,5-12H2;1-4H,5-12,20H2;1-4H,5-9H2,(H,18,20);1-4H,5-8H2,(H,16,17,19);1-5,11H2;7H,1-4H2. The average molecular weight is 2030 g/mol. The molecule has 5 aromatic carbocycles. The maximum absolute atomic E-state index is 12.3. The quantitative estimate of drug-likeness (QED) is 0.0204. The van der Waals surface area contributed by atoms with Crippen LogP contribution in [-0.2, 0) is 39.9 Å². The van der Waals surface area contributed by atoms with E-state index >= 15 is 0 Å². The summed E-state index contributed by atoms with van der Waals surface area (Å²) in [7, 11) is 0. The fourth-order valence-corrected chi connectivity index (χ4v) is 20.3. The van der Waals surface area contributed by atoms with Gasteiger partial charge in [0.05, 0.1) is 94.4 Å². The van der Waals surface area contributed by atoms with Gasteiger partial charge in [-0.3, -0.25) is 39.9 Å². The number of ether oxygens (including phenoxy) is 7. The van der Waals surface area contributed by atoms with Crippen molar-refractivity contribution in [2.75, 3.05) is 117 Å². The second kappa shape index (κ2) is 41.8. The van der Waals surface area contributed by atoms with Crippen molar-refractivity contribution in [3.63, 3.8) is 0 Å². The first-order valence-electron chi connectivity index (χ1n) is 50.1. The summed E-state index contributed by atoms with van der Waals surface area (Å²) < 4.78 is 41.3. The molecule has 9 aromatic rings. The number of halogens is 1. The molecule has 0 unspecified atom stereocenters. The normalized spacial score (nSPS) is 20.2. The number of aromatic nitrogens is 8. The smallest absolute Gasteiger partial charge is 0.319 e. The lowest BCUT2D eigenvalue weighted by atomic mass is 9.85. The van der Waals surface area contributed by atoms with E-state index in [9.17, 15) is 50.0 Å². The van der Waals surface area contributed by atoms with Crippen LogP contribution in [0.4, 0.5) is 50.7 Å². The lowest BCUT2D eigenvalue weighted by molar-refractivity contribution is -0.385. The summed E-state index contributed by atoms with van der Waals surface area (Å²) >= 11 is 3.27. The number of aromatic amines is 1. The number of nitrogens with one attached hydrogen (secondary N) is 4. The Hall–Kier alpha value is -13.9. The molecule has 144 heavy (non-hydrogen) atoms. The number of carbonyl (C=O) groups is 2. The largest absolute Gasteiger partial charge is 0.471 e. The van der Waals surface area contributed by atoms with Crippen molar-refractivity contribution in [2.45, 2.75) is 221 Å². The van der Waals surface area contributed by atoms with E-state index in [4.69, 9.17) is 79.9 Å². The molecule has 16 aliphatic rings. The third-order valence-electron chi connectivity index (χ3n) is 30.0. The zero-order chi connectivity index (χ0) is 100. The number of carbonyl (C=O) groups excluding carboxylic acids is 2. The molecule has 3 saturated heterocycles. The summed E-state index contributed by atoms with van der Waals surface area (Å²) in [5.41, 5.74) is 23.9. The first kappa shape index (κ1) is 98.9. The highest BCUT2D eigenvalue weighted by Gasteiger charge is 2.54. The van der Waals surface area contributed by atoms with Crippen LogP contribution in [0.5, 0.6) is 23.5 Å². The second-order valence-electron chi connectivity index (χ2n) is 40.4. The molecule has 0 atom stereocenters. The number of nitriles is 2. The van der Waals surface area contributed by atoms with Gasteiger partial charge in [0, 0.05) is 149 Å². The highest BCUT2D eigenvalue weighted by Crippen LogP contribution is 2.59. The van der Waals surface area contributed by atoms with Gasteiger partial charge in [0.15, 0.2) is 17.5 Å². The number of anilines is 5. The van der Waals surface area contributed by atoms with E-state index in [-0.39, 0.29) is 62.6 Å². The predicted octanol–water partition coefficient (Wildman–Crippen LogP) is 16.4. The van der Waals surface area contributed by atoms with Crippen molar-refractivity contribution in [2.24, 2.45) is 16.6 Å². The average Bonchev–Trinajstić information content (AvgIpc) is 1.60. The molecule has 38 nitrogen and oxygen atoms in total. The highest BCUT2D eigenvalue weighted by atomic mass is 79.9. The van der Waals surface area contributed by atoms with Gasteiger partial charge in [-0.05, 0) is 289 Å². The van der Waals surface area contributed by atoms with E-state index < -0.39 is 14.8 Å². The van der Waals surface area contributed by atoms with Crippen LogP contribution < -0.4 is 66.6 Å². The number of benzene rings is 5. The summed E-state index contributed by atoms with van der Waals surface area (Å²) in [6, 6.07) is 37.2. The molecule has 4 aromatic heterocycles. The number of fused-ring (bicyclic) bond motifs is 4. The lowest BCUT2D eigenvalue weighted by Crippen LogP contribution is -2.38. The van der Waals surface area contributed by atoms with E-state index in [2.05, 4.69) is 73.7 Å². The summed E-state index contributed by atoms with van der Waals surface area (Å²) in [4.78, 5) is 110. The third kappa shape index (κ3) is 23.6. The minimum absolute atomic E-state index is 0.00131. The fourth-order valence-electron chi connectivity index (χ4n) is 19.6. The Morgan fingerprint density at radius 2 is 0.826 bits per heavy atom. The van der Waals surface area contributed by atoms with Crippen molar-refractivity contribution in [1.82, 2.24) is 50.5 Å². The van der Waals surface area contributed by atoms with E-state index in [1.807, 2.05) is 55.5 Å². The van der Waals surface area contributed by atoms with E-state index in [1.54, 1.807) is 24.3 Å². The van der Waals surface area contributed by atoms with Crippen molar-refractivity contribution in [1.29, 1.82) is 10.5 Å². The number of H-pyrrole nitrogens is 1. The van der Waals surface area contributed by atoms with Crippen molar-refractivity contribution >= 4 is 73.8 Å². The Kier molecular flexibility index (Phi) is 28.7. The van der Waals surface area contributed by atoms with Crippen LogP contribution in [0.15, 0.2) is 149 Å². The SMILES string of the molecule is CCNC(=O)Nc1ccc(-c2nc3c(c(N4CCOCC4)n2)CCC2(CC2)O3)cc1.N#CC1=C(N)CC2(CC1)CC2.N#CC1=C(NC(=O)c2ccc([N+](=O)[O-])cc2)CC2(CC1)CC2.Nc1ccc(-c2nc3c(c(N4CCOCC4)n2)CCC2(CC2)O3)cc1.O=[N+]([O-])c1ccc(-c2nc3c(c(N4CCOCC4)n2)CCC2(CC2)O3)cc1.O=c1[nH]c(-c2ccc([N+](=O)[O-])cc2)nc2c1CCC1(CC1)O2.OC1(CCBr)CC1. The number of nitrogens with zero attached hydrogens (tertiary/aromatic N) is 15. The first-order chi connectivity index (χ1) is 69.6. The van der Waals surface area contributed by atoms with E-state index in [1.165, 1.54) is 67.8 Å². The Bertz CT molecular complexity index is 6550. The van der Waals surface area contributed by atoms with Crippen molar-refractivity contribution in [3.05, 3.63) is 212 Å². The summed E-state index contributed by atoms with van der Waals surface area (Å²) in [5.74, 6) is 7.41. The van der Waals surface area contributed by atoms with Crippen molar-refractivity contribution < 1.29 is 62.6 Å². The van der Waals surface area contributed by atoms with Gasteiger partial charge >= 0.3 is 6.03 Å². The summed E-state index contributed by atoms with van der Waals surface area (Å²) in [5, 5.41) is 68.5. The maximum atomic E-state index is 12.3. The van der Waals surface area contributed by atoms with Gasteiger partial charge in [0.25, 0.3) is 28.5 Å².